The Morgan fingerprint density at radius 2 is 1.87 bits per heavy atom. The number of piperidine rings is 1. The van der Waals surface area contributed by atoms with Crippen molar-refractivity contribution in [3.8, 4) is 11.5 Å². The van der Waals surface area contributed by atoms with E-state index in [1.807, 2.05) is 25.1 Å². The van der Waals surface area contributed by atoms with Gasteiger partial charge >= 0.3 is 0 Å². The second-order valence-corrected chi connectivity index (χ2v) is 5.77. The fraction of sp³-hybridized carbons (Fsp3) is 0.412. The lowest BCUT2D eigenvalue weighted by molar-refractivity contribution is 0.0816. The monoisotopic (exact) mass is 314 g/mol. The highest BCUT2D eigenvalue weighted by Gasteiger charge is 2.20. The lowest BCUT2D eigenvalue weighted by Gasteiger charge is -2.31. The predicted molar refractivity (Wildman–Crippen MR) is 89.9 cm³/mol. The van der Waals surface area contributed by atoms with Crippen LogP contribution < -0.4 is 15.4 Å². The first kappa shape index (κ1) is 15.6. The molecule has 2 heterocycles. The average molecular weight is 314 g/mol. The molecule has 3 rings (SSSR count). The number of nitrogen functional groups attached to an aromatic ring is 1. The normalized spacial score (nSPS) is 15.7. The Morgan fingerprint density at radius 3 is 2.48 bits per heavy atom. The van der Waals surface area contributed by atoms with E-state index in [2.05, 4.69) is 14.9 Å². The standard InChI is InChI=1S/C17H22N4O2/c1-12-9-13(18)3-4-16(12)23-15-10-19-17(20-11-15)21-7-5-14(22-2)6-8-21/h3-4,9-11,14H,5-8,18H2,1-2H3. The first-order valence-electron chi connectivity index (χ1n) is 7.79. The van der Waals surface area contributed by atoms with Crippen LogP contribution in [0, 0.1) is 6.92 Å². The van der Waals surface area contributed by atoms with Gasteiger partial charge in [-0.2, -0.15) is 0 Å². The molecule has 23 heavy (non-hydrogen) atoms. The van der Waals surface area contributed by atoms with Crippen molar-refractivity contribution in [1.82, 2.24) is 9.97 Å². The Morgan fingerprint density at radius 1 is 1.17 bits per heavy atom. The molecule has 1 aliphatic rings. The maximum Gasteiger partial charge on any atom is 0.225 e. The van der Waals surface area contributed by atoms with Crippen LogP contribution in [-0.2, 0) is 4.74 Å². The lowest BCUT2D eigenvalue weighted by Crippen LogP contribution is -2.37. The maximum atomic E-state index is 5.82. The smallest absolute Gasteiger partial charge is 0.225 e. The van der Waals surface area contributed by atoms with Gasteiger partial charge in [-0.25, -0.2) is 9.97 Å². The van der Waals surface area contributed by atoms with Crippen LogP contribution >= 0.6 is 0 Å². The molecule has 1 aromatic heterocycles. The first-order valence-corrected chi connectivity index (χ1v) is 7.79. The molecule has 0 atom stereocenters. The van der Waals surface area contributed by atoms with E-state index < -0.39 is 0 Å². The summed E-state index contributed by atoms with van der Waals surface area (Å²) in [5.41, 5.74) is 7.45. The Hall–Kier alpha value is -2.34. The van der Waals surface area contributed by atoms with Crippen LogP contribution in [0.3, 0.4) is 0 Å². The zero-order chi connectivity index (χ0) is 16.2. The van der Waals surface area contributed by atoms with Gasteiger partial charge in [0.25, 0.3) is 0 Å². The molecular formula is C17H22N4O2. The van der Waals surface area contributed by atoms with Crippen molar-refractivity contribution >= 4 is 11.6 Å². The maximum absolute atomic E-state index is 5.82. The number of nitrogens with two attached hydrogens (primary N) is 1. The molecule has 0 bridgehead atoms. The quantitative estimate of drug-likeness (QED) is 0.875. The molecule has 2 N–H and O–H groups in total. The number of nitrogens with zero attached hydrogens (tertiary/aromatic N) is 3. The summed E-state index contributed by atoms with van der Waals surface area (Å²) < 4.78 is 11.2. The summed E-state index contributed by atoms with van der Waals surface area (Å²) in [6.07, 6.45) is 5.77. The zero-order valence-electron chi connectivity index (χ0n) is 13.5. The zero-order valence-corrected chi connectivity index (χ0v) is 13.5. The number of rotatable bonds is 4. The van der Waals surface area contributed by atoms with E-state index in [1.165, 1.54) is 0 Å². The minimum absolute atomic E-state index is 0.349. The van der Waals surface area contributed by atoms with Crippen LogP contribution in [0.25, 0.3) is 0 Å². The fourth-order valence-corrected chi connectivity index (χ4v) is 2.73. The molecule has 0 radical (unpaired) electrons. The first-order chi connectivity index (χ1) is 11.2. The van der Waals surface area contributed by atoms with E-state index in [4.69, 9.17) is 15.2 Å². The summed E-state index contributed by atoms with van der Waals surface area (Å²) in [5, 5.41) is 0. The van der Waals surface area contributed by atoms with Gasteiger partial charge in [0, 0.05) is 25.9 Å². The highest BCUT2D eigenvalue weighted by atomic mass is 16.5. The largest absolute Gasteiger partial charge is 0.454 e. The van der Waals surface area contributed by atoms with Crippen LogP contribution in [0.2, 0.25) is 0 Å². The van der Waals surface area contributed by atoms with Crippen molar-refractivity contribution in [3.63, 3.8) is 0 Å². The van der Waals surface area contributed by atoms with Gasteiger partial charge in [0.05, 0.1) is 18.5 Å². The molecule has 6 nitrogen and oxygen atoms in total. The Kier molecular flexibility index (Phi) is 4.62. The van der Waals surface area contributed by atoms with Gasteiger partial charge in [0.2, 0.25) is 5.95 Å². The van der Waals surface area contributed by atoms with Crippen molar-refractivity contribution in [2.75, 3.05) is 30.8 Å². The third kappa shape index (κ3) is 3.71. The summed E-state index contributed by atoms with van der Waals surface area (Å²) in [5.74, 6) is 2.12. The predicted octanol–water partition coefficient (Wildman–Crippen LogP) is 2.77. The van der Waals surface area contributed by atoms with Crippen LogP contribution in [0.4, 0.5) is 11.6 Å². The van der Waals surface area contributed by atoms with Gasteiger partial charge in [-0.3, -0.25) is 0 Å². The van der Waals surface area contributed by atoms with Crippen molar-refractivity contribution in [2.45, 2.75) is 25.9 Å². The van der Waals surface area contributed by atoms with Gasteiger partial charge in [0.1, 0.15) is 5.75 Å². The molecule has 0 spiro atoms. The van der Waals surface area contributed by atoms with Crippen LogP contribution in [0.15, 0.2) is 30.6 Å². The molecule has 0 aliphatic carbocycles. The number of aryl methyl sites for hydroxylation is 1. The van der Waals surface area contributed by atoms with Gasteiger partial charge in [-0.1, -0.05) is 0 Å². The summed E-state index contributed by atoms with van der Waals surface area (Å²) in [7, 11) is 1.77. The van der Waals surface area contributed by atoms with Gasteiger partial charge in [0.15, 0.2) is 5.75 Å². The van der Waals surface area contributed by atoms with E-state index in [9.17, 15) is 0 Å². The molecule has 6 heteroatoms. The number of benzene rings is 1. The topological polar surface area (TPSA) is 73.5 Å². The Bertz CT molecular complexity index is 652. The molecular weight excluding hydrogens is 292 g/mol. The molecule has 1 saturated heterocycles. The number of hydrogen-bond acceptors (Lipinski definition) is 6. The third-order valence-corrected chi connectivity index (χ3v) is 4.10. The molecule has 122 valence electrons. The molecule has 0 unspecified atom stereocenters. The molecule has 0 amide bonds. The van der Waals surface area contributed by atoms with Crippen molar-refractivity contribution in [2.24, 2.45) is 0 Å². The van der Waals surface area contributed by atoms with E-state index in [-0.39, 0.29) is 0 Å². The Balaban J connectivity index is 1.65. The second kappa shape index (κ2) is 6.83. The van der Waals surface area contributed by atoms with Crippen molar-refractivity contribution in [3.05, 3.63) is 36.2 Å². The average Bonchev–Trinajstić information content (AvgIpc) is 2.58. The van der Waals surface area contributed by atoms with E-state index in [0.717, 1.165) is 48.9 Å². The number of aromatic nitrogens is 2. The summed E-state index contributed by atoms with van der Waals surface area (Å²) in [4.78, 5) is 11.0. The van der Waals surface area contributed by atoms with Crippen molar-refractivity contribution in [1.29, 1.82) is 0 Å². The summed E-state index contributed by atoms with van der Waals surface area (Å²) in [6, 6.07) is 5.55. The van der Waals surface area contributed by atoms with Crippen LogP contribution in [-0.4, -0.2) is 36.3 Å². The van der Waals surface area contributed by atoms with Gasteiger partial charge < -0.3 is 20.1 Å². The highest BCUT2D eigenvalue weighted by molar-refractivity contribution is 5.48. The van der Waals surface area contributed by atoms with Crippen molar-refractivity contribution < 1.29 is 9.47 Å². The van der Waals surface area contributed by atoms with Crippen LogP contribution in [0.1, 0.15) is 18.4 Å². The number of ether oxygens (including phenoxy) is 2. The second-order valence-electron chi connectivity index (χ2n) is 5.77. The number of anilines is 2. The number of hydrogen-bond donors (Lipinski definition) is 1. The molecule has 1 fully saturated rings. The molecule has 2 aromatic rings. The third-order valence-electron chi connectivity index (χ3n) is 4.10. The highest BCUT2D eigenvalue weighted by Crippen LogP contribution is 2.26. The summed E-state index contributed by atoms with van der Waals surface area (Å²) in [6.45, 7) is 3.78. The number of methoxy groups -OCH3 is 1. The molecule has 1 aromatic carbocycles. The minimum Gasteiger partial charge on any atom is -0.454 e. The SMILES string of the molecule is COC1CCN(c2ncc(Oc3ccc(N)cc3C)cn2)CC1. The van der Waals surface area contributed by atoms with E-state index in [1.54, 1.807) is 19.5 Å². The Labute approximate surface area is 136 Å². The van der Waals surface area contributed by atoms with Gasteiger partial charge in [-0.05, 0) is 43.5 Å². The van der Waals surface area contributed by atoms with Gasteiger partial charge in [-0.15, -0.1) is 0 Å². The fourth-order valence-electron chi connectivity index (χ4n) is 2.73. The van der Waals surface area contributed by atoms with Crippen LogP contribution in [0.5, 0.6) is 11.5 Å². The summed E-state index contributed by atoms with van der Waals surface area (Å²) >= 11 is 0. The molecule has 1 aliphatic heterocycles. The van der Waals surface area contributed by atoms with E-state index >= 15 is 0 Å². The lowest BCUT2D eigenvalue weighted by atomic mass is 10.1. The molecule has 0 saturated carbocycles. The minimum atomic E-state index is 0.349. The van der Waals surface area contributed by atoms with E-state index in [0.29, 0.717) is 11.9 Å².